The van der Waals surface area contributed by atoms with Gasteiger partial charge in [-0.2, -0.15) is 0 Å². The molecule has 1 amide bonds. The Morgan fingerprint density at radius 1 is 1.00 bits per heavy atom. The van der Waals surface area contributed by atoms with Gasteiger partial charge in [0.1, 0.15) is 0 Å². The molecule has 2 heterocycles. The predicted molar refractivity (Wildman–Crippen MR) is 117 cm³/mol. The SMILES string of the molecule is COc1cc2c(cc1OC)CN(C(=O)c1ccc(C3SCCCS3)cc1)CC2. The third kappa shape index (κ3) is 3.98. The molecule has 2 aromatic carbocycles. The highest BCUT2D eigenvalue weighted by molar-refractivity contribution is 8.16. The van der Waals surface area contributed by atoms with Crippen LogP contribution < -0.4 is 9.47 Å². The summed E-state index contributed by atoms with van der Waals surface area (Å²) >= 11 is 4.01. The Morgan fingerprint density at radius 2 is 1.64 bits per heavy atom. The normalized spacial score (nSPS) is 17.1. The lowest BCUT2D eigenvalue weighted by Crippen LogP contribution is -2.36. The Labute approximate surface area is 175 Å². The molecule has 2 aromatic rings. The van der Waals surface area contributed by atoms with Crippen molar-refractivity contribution in [2.45, 2.75) is 24.0 Å². The van der Waals surface area contributed by atoms with Crippen molar-refractivity contribution in [3.8, 4) is 11.5 Å². The van der Waals surface area contributed by atoms with Crippen molar-refractivity contribution in [1.82, 2.24) is 4.90 Å². The Hall–Kier alpha value is -1.79. The zero-order chi connectivity index (χ0) is 19.5. The van der Waals surface area contributed by atoms with Gasteiger partial charge in [0.05, 0.1) is 18.8 Å². The van der Waals surface area contributed by atoms with Gasteiger partial charge in [-0.25, -0.2) is 0 Å². The van der Waals surface area contributed by atoms with Crippen LogP contribution in [0, 0.1) is 0 Å². The molecule has 1 fully saturated rings. The average Bonchev–Trinajstić information content (AvgIpc) is 2.78. The average molecular weight is 416 g/mol. The largest absolute Gasteiger partial charge is 0.493 e. The van der Waals surface area contributed by atoms with Crippen molar-refractivity contribution in [2.75, 3.05) is 32.3 Å². The number of amides is 1. The molecule has 4 nitrogen and oxygen atoms in total. The molecule has 2 aliphatic heterocycles. The minimum absolute atomic E-state index is 0.0935. The summed E-state index contributed by atoms with van der Waals surface area (Å²) in [5.41, 5.74) is 4.43. The first kappa shape index (κ1) is 19.5. The zero-order valence-corrected chi connectivity index (χ0v) is 17.9. The Kier molecular flexibility index (Phi) is 6.07. The van der Waals surface area contributed by atoms with E-state index < -0.39 is 0 Å². The number of thioether (sulfide) groups is 2. The third-order valence-electron chi connectivity index (χ3n) is 5.26. The topological polar surface area (TPSA) is 38.8 Å². The minimum Gasteiger partial charge on any atom is -0.493 e. The van der Waals surface area contributed by atoms with E-state index >= 15 is 0 Å². The van der Waals surface area contributed by atoms with E-state index in [0.717, 1.165) is 29.8 Å². The van der Waals surface area contributed by atoms with Crippen LogP contribution in [0.3, 0.4) is 0 Å². The van der Waals surface area contributed by atoms with E-state index in [9.17, 15) is 4.79 Å². The van der Waals surface area contributed by atoms with Crippen LogP contribution in [-0.2, 0) is 13.0 Å². The fraction of sp³-hybridized carbons (Fsp3) is 0.409. The number of ether oxygens (including phenoxy) is 2. The van der Waals surface area contributed by atoms with Gasteiger partial charge < -0.3 is 14.4 Å². The fourth-order valence-corrected chi connectivity index (χ4v) is 6.60. The van der Waals surface area contributed by atoms with E-state index in [0.29, 0.717) is 16.9 Å². The quantitative estimate of drug-likeness (QED) is 0.719. The van der Waals surface area contributed by atoms with Gasteiger partial charge in [0.2, 0.25) is 0 Å². The lowest BCUT2D eigenvalue weighted by molar-refractivity contribution is 0.0734. The third-order valence-corrected chi connectivity index (χ3v) is 8.28. The highest BCUT2D eigenvalue weighted by atomic mass is 32.2. The summed E-state index contributed by atoms with van der Waals surface area (Å²) < 4.78 is 11.3. The summed E-state index contributed by atoms with van der Waals surface area (Å²) in [5, 5.41) is 0. The number of rotatable bonds is 4. The molecule has 0 saturated carbocycles. The fourth-order valence-electron chi connectivity index (χ4n) is 3.70. The highest BCUT2D eigenvalue weighted by Gasteiger charge is 2.24. The molecule has 2 aliphatic rings. The monoisotopic (exact) mass is 415 g/mol. The molecule has 1 saturated heterocycles. The first-order chi connectivity index (χ1) is 13.7. The van der Waals surface area contributed by atoms with Gasteiger partial charge >= 0.3 is 0 Å². The number of hydrogen-bond donors (Lipinski definition) is 0. The second-order valence-corrected chi connectivity index (χ2v) is 9.73. The van der Waals surface area contributed by atoms with Gasteiger partial charge in [-0.05, 0) is 65.3 Å². The second-order valence-electron chi connectivity index (χ2n) is 7.00. The van der Waals surface area contributed by atoms with Crippen LogP contribution >= 0.6 is 23.5 Å². The molecule has 148 valence electrons. The van der Waals surface area contributed by atoms with E-state index in [1.54, 1.807) is 14.2 Å². The van der Waals surface area contributed by atoms with Gasteiger partial charge in [0.25, 0.3) is 5.91 Å². The van der Waals surface area contributed by atoms with Gasteiger partial charge in [0.15, 0.2) is 11.5 Å². The molecule has 0 N–H and O–H groups in total. The summed E-state index contributed by atoms with van der Waals surface area (Å²) in [6.45, 7) is 1.32. The number of nitrogens with zero attached hydrogens (tertiary/aromatic N) is 1. The van der Waals surface area contributed by atoms with Crippen molar-refractivity contribution >= 4 is 29.4 Å². The number of methoxy groups -OCH3 is 2. The standard InChI is InChI=1S/C22H25NO3S2/c1-25-19-12-17-8-9-23(14-18(17)13-20(19)26-2)21(24)15-4-6-16(7-5-15)22-27-10-3-11-28-22/h4-7,12-13,22H,3,8-11,14H2,1-2H3. The van der Waals surface area contributed by atoms with Gasteiger partial charge in [-0.15, -0.1) is 23.5 Å². The van der Waals surface area contributed by atoms with Crippen molar-refractivity contribution < 1.29 is 14.3 Å². The van der Waals surface area contributed by atoms with Crippen LogP contribution in [0.25, 0.3) is 0 Å². The van der Waals surface area contributed by atoms with Crippen LogP contribution in [0.2, 0.25) is 0 Å². The highest BCUT2D eigenvalue weighted by Crippen LogP contribution is 2.43. The maximum absolute atomic E-state index is 13.0. The molecule has 4 rings (SSSR count). The van der Waals surface area contributed by atoms with Crippen LogP contribution in [0.4, 0.5) is 0 Å². The maximum atomic E-state index is 13.0. The van der Waals surface area contributed by atoms with E-state index in [1.165, 1.54) is 29.1 Å². The maximum Gasteiger partial charge on any atom is 0.254 e. The molecule has 0 bridgehead atoms. The summed E-state index contributed by atoms with van der Waals surface area (Å²) in [6.07, 6.45) is 2.12. The van der Waals surface area contributed by atoms with Crippen LogP contribution in [-0.4, -0.2) is 43.1 Å². The molecule has 0 radical (unpaired) electrons. The molecule has 6 heteroatoms. The van der Waals surface area contributed by atoms with Gasteiger partial charge in [0, 0.05) is 18.7 Å². The van der Waals surface area contributed by atoms with Crippen LogP contribution in [0.5, 0.6) is 11.5 Å². The predicted octanol–water partition coefficient (Wildman–Crippen LogP) is 4.77. The molecule has 0 unspecified atom stereocenters. The number of benzene rings is 2. The zero-order valence-electron chi connectivity index (χ0n) is 16.3. The van der Waals surface area contributed by atoms with E-state index in [4.69, 9.17) is 9.47 Å². The molecule has 0 aromatic heterocycles. The van der Waals surface area contributed by atoms with Crippen LogP contribution in [0.1, 0.15) is 38.1 Å². The van der Waals surface area contributed by atoms with Crippen molar-refractivity contribution in [3.05, 3.63) is 58.7 Å². The first-order valence-corrected chi connectivity index (χ1v) is 11.7. The number of fused-ring (bicyclic) bond motifs is 1. The van der Waals surface area contributed by atoms with E-state index in [-0.39, 0.29) is 5.91 Å². The lowest BCUT2D eigenvalue weighted by atomic mass is 9.98. The van der Waals surface area contributed by atoms with Crippen LogP contribution in [0.15, 0.2) is 36.4 Å². The smallest absolute Gasteiger partial charge is 0.254 e. The molecule has 28 heavy (non-hydrogen) atoms. The summed E-state index contributed by atoms with van der Waals surface area (Å²) in [5.74, 6) is 3.99. The Morgan fingerprint density at radius 3 is 2.29 bits per heavy atom. The van der Waals surface area contributed by atoms with Crippen molar-refractivity contribution in [3.63, 3.8) is 0 Å². The summed E-state index contributed by atoms with van der Waals surface area (Å²) in [6, 6.07) is 12.2. The number of carbonyl (C=O) groups excluding carboxylic acids is 1. The van der Waals surface area contributed by atoms with E-state index in [2.05, 4.69) is 12.1 Å². The summed E-state index contributed by atoms with van der Waals surface area (Å²) in [7, 11) is 3.29. The van der Waals surface area contributed by atoms with Crippen molar-refractivity contribution in [1.29, 1.82) is 0 Å². The lowest BCUT2D eigenvalue weighted by Gasteiger charge is -2.30. The van der Waals surface area contributed by atoms with Crippen molar-refractivity contribution in [2.24, 2.45) is 0 Å². The van der Waals surface area contributed by atoms with Gasteiger partial charge in [-0.3, -0.25) is 4.79 Å². The molecular weight excluding hydrogens is 390 g/mol. The number of carbonyl (C=O) groups is 1. The molecule has 0 aliphatic carbocycles. The Balaban J connectivity index is 1.48. The number of hydrogen-bond acceptors (Lipinski definition) is 5. The minimum atomic E-state index is 0.0935. The molecule has 0 atom stereocenters. The Bertz CT molecular complexity index is 848. The van der Waals surface area contributed by atoms with E-state index in [1.807, 2.05) is 52.7 Å². The first-order valence-electron chi connectivity index (χ1n) is 9.56. The molecule has 0 spiro atoms. The van der Waals surface area contributed by atoms with Gasteiger partial charge in [-0.1, -0.05) is 12.1 Å². The summed E-state index contributed by atoms with van der Waals surface area (Å²) in [4.78, 5) is 15.0. The second kappa shape index (κ2) is 8.70. The molecular formula is C22H25NO3S2.